The molecular weight excluding hydrogens is 272 g/mol. The maximum absolute atomic E-state index is 11.0. The molecule has 16 heavy (non-hydrogen) atoms. The summed E-state index contributed by atoms with van der Waals surface area (Å²) in [5.41, 5.74) is 7.34. The highest BCUT2D eigenvalue weighted by Crippen LogP contribution is 2.29. The lowest BCUT2D eigenvalue weighted by Crippen LogP contribution is -2.20. The summed E-state index contributed by atoms with van der Waals surface area (Å²) in [6.45, 7) is 2.24. The average Bonchev–Trinajstić information content (AvgIpc) is 2.21. The molecule has 3 N–H and O–H groups in total. The molecule has 0 aromatic heterocycles. The van der Waals surface area contributed by atoms with Crippen molar-refractivity contribution in [1.29, 1.82) is 0 Å². The fourth-order valence-corrected chi connectivity index (χ4v) is 1.91. The van der Waals surface area contributed by atoms with Crippen LogP contribution in [0, 0.1) is 6.92 Å². The molecule has 1 rings (SSSR count). The van der Waals surface area contributed by atoms with Crippen molar-refractivity contribution in [3.05, 3.63) is 22.2 Å². The number of anilines is 1. The van der Waals surface area contributed by atoms with E-state index in [-0.39, 0.29) is 5.91 Å². The maximum Gasteiger partial charge on any atom is 0.223 e. The van der Waals surface area contributed by atoms with Gasteiger partial charge in [0.05, 0.1) is 18.7 Å². The summed E-state index contributed by atoms with van der Waals surface area (Å²) in [7, 11) is 1.60. The highest BCUT2D eigenvalue weighted by Gasteiger charge is 2.07. The Morgan fingerprint density at radius 1 is 1.56 bits per heavy atom. The molecule has 0 aliphatic rings. The molecule has 0 bridgehead atoms. The van der Waals surface area contributed by atoms with E-state index in [9.17, 15) is 4.79 Å². The number of hydrogen-bond donors (Lipinski definition) is 2. The Kier molecular flexibility index (Phi) is 4.61. The molecule has 0 saturated carbocycles. The van der Waals surface area contributed by atoms with Gasteiger partial charge in [-0.05, 0) is 24.6 Å². The highest BCUT2D eigenvalue weighted by molar-refractivity contribution is 9.10. The van der Waals surface area contributed by atoms with E-state index >= 15 is 0 Å². The largest absolute Gasteiger partial charge is 0.491 e. The summed E-state index contributed by atoms with van der Waals surface area (Å²) >= 11 is 3.35. The SMILES string of the molecule is CNC(=O)CCOc1c(C)cc(Br)cc1N. The third-order valence-electron chi connectivity index (χ3n) is 2.12. The zero-order valence-electron chi connectivity index (χ0n) is 9.34. The lowest BCUT2D eigenvalue weighted by Gasteiger charge is -2.11. The molecule has 0 aliphatic heterocycles. The van der Waals surface area contributed by atoms with E-state index in [2.05, 4.69) is 21.2 Å². The van der Waals surface area contributed by atoms with E-state index < -0.39 is 0 Å². The Morgan fingerprint density at radius 2 is 2.25 bits per heavy atom. The smallest absolute Gasteiger partial charge is 0.223 e. The van der Waals surface area contributed by atoms with Gasteiger partial charge in [-0.3, -0.25) is 4.79 Å². The Hall–Kier alpha value is -1.23. The van der Waals surface area contributed by atoms with Crippen molar-refractivity contribution in [2.75, 3.05) is 19.4 Å². The first-order valence-electron chi connectivity index (χ1n) is 4.93. The Balaban J connectivity index is 2.64. The van der Waals surface area contributed by atoms with Crippen LogP contribution in [0.2, 0.25) is 0 Å². The number of amides is 1. The quantitative estimate of drug-likeness (QED) is 0.831. The predicted molar refractivity (Wildman–Crippen MR) is 67.5 cm³/mol. The van der Waals surface area contributed by atoms with Crippen LogP contribution < -0.4 is 15.8 Å². The predicted octanol–water partition coefficient (Wildman–Crippen LogP) is 1.85. The van der Waals surface area contributed by atoms with Gasteiger partial charge in [-0.15, -0.1) is 0 Å². The molecule has 1 aromatic carbocycles. The van der Waals surface area contributed by atoms with Gasteiger partial charge in [0.2, 0.25) is 5.91 Å². The molecule has 0 saturated heterocycles. The topological polar surface area (TPSA) is 64.3 Å². The molecule has 0 atom stereocenters. The number of nitrogen functional groups attached to an aromatic ring is 1. The van der Waals surface area contributed by atoms with Gasteiger partial charge in [-0.1, -0.05) is 15.9 Å². The Bertz CT molecular complexity index is 371. The summed E-state index contributed by atoms with van der Waals surface area (Å²) < 4.78 is 6.41. The fourth-order valence-electron chi connectivity index (χ4n) is 1.32. The lowest BCUT2D eigenvalue weighted by atomic mass is 10.2. The van der Waals surface area contributed by atoms with E-state index in [1.165, 1.54) is 0 Å². The zero-order valence-corrected chi connectivity index (χ0v) is 10.9. The van der Waals surface area contributed by atoms with Crippen LogP contribution in [0.15, 0.2) is 16.6 Å². The fraction of sp³-hybridized carbons (Fsp3) is 0.364. The van der Waals surface area contributed by atoms with E-state index in [1.807, 2.05) is 13.0 Å². The van der Waals surface area contributed by atoms with Crippen molar-refractivity contribution in [3.63, 3.8) is 0 Å². The normalized spacial score (nSPS) is 9.94. The van der Waals surface area contributed by atoms with Crippen molar-refractivity contribution >= 4 is 27.5 Å². The van der Waals surface area contributed by atoms with Crippen LogP contribution in [0.5, 0.6) is 5.75 Å². The third kappa shape index (κ3) is 3.41. The zero-order chi connectivity index (χ0) is 12.1. The molecule has 4 nitrogen and oxygen atoms in total. The van der Waals surface area contributed by atoms with Gasteiger partial charge in [-0.2, -0.15) is 0 Å². The molecular formula is C11H15BrN2O2. The second-order valence-corrected chi connectivity index (χ2v) is 4.33. The standard InChI is InChI=1S/C11H15BrN2O2/c1-7-5-8(12)6-9(13)11(7)16-4-3-10(15)14-2/h5-6H,3-4,13H2,1-2H3,(H,14,15). The number of carbonyl (C=O) groups is 1. The number of rotatable bonds is 4. The van der Waals surface area contributed by atoms with Crippen molar-refractivity contribution in [2.45, 2.75) is 13.3 Å². The number of nitrogens with two attached hydrogens (primary N) is 1. The van der Waals surface area contributed by atoms with E-state index in [0.29, 0.717) is 24.5 Å². The molecule has 0 heterocycles. The van der Waals surface area contributed by atoms with Crippen molar-refractivity contribution < 1.29 is 9.53 Å². The van der Waals surface area contributed by atoms with Crippen molar-refractivity contribution in [3.8, 4) is 5.75 Å². The average molecular weight is 287 g/mol. The summed E-state index contributed by atoms with van der Waals surface area (Å²) in [6, 6.07) is 3.70. The van der Waals surface area contributed by atoms with Gasteiger partial charge in [0.25, 0.3) is 0 Å². The van der Waals surface area contributed by atoms with Gasteiger partial charge >= 0.3 is 0 Å². The number of halogens is 1. The van der Waals surface area contributed by atoms with Crippen molar-refractivity contribution in [1.82, 2.24) is 5.32 Å². The second kappa shape index (κ2) is 5.75. The van der Waals surface area contributed by atoms with E-state index in [1.54, 1.807) is 13.1 Å². The van der Waals surface area contributed by atoms with Crippen LogP contribution in [-0.2, 0) is 4.79 Å². The van der Waals surface area contributed by atoms with Gasteiger partial charge in [0, 0.05) is 11.5 Å². The van der Waals surface area contributed by atoms with Gasteiger partial charge < -0.3 is 15.8 Å². The first-order chi connectivity index (χ1) is 7.54. The molecule has 0 fully saturated rings. The monoisotopic (exact) mass is 286 g/mol. The van der Waals surface area contributed by atoms with Gasteiger partial charge in [-0.25, -0.2) is 0 Å². The van der Waals surface area contributed by atoms with Crippen LogP contribution in [0.4, 0.5) is 5.69 Å². The summed E-state index contributed by atoms with van der Waals surface area (Å²) in [6.07, 6.45) is 0.325. The van der Waals surface area contributed by atoms with E-state index in [0.717, 1.165) is 10.0 Å². The number of aryl methyl sites for hydroxylation is 1. The van der Waals surface area contributed by atoms with Crippen molar-refractivity contribution in [2.24, 2.45) is 0 Å². The number of nitrogens with one attached hydrogen (secondary N) is 1. The molecule has 0 spiro atoms. The second-order valence-electron chi connectivity index (χ2n) is 3.41. The maximum atomic E-state index is 11.0. The summed E-state index contributed by atoms with van der Waals surface area (Å²) in [5, 5.41) is 2.53. The Labute approximate surface area is 103 Å². The van der Waals surface area contributed by atoms with Gasteiger partial charge in [0.15, 0.2) is 0 Å². The van der Waals surface area contributed by atoms with Crippen LogP contribution >= 0.6 is 15.9 Å². The summed E-state index contributed by atoms with van der Waals surface area (Å²) in [5.74, 6) is 0.598. The molecule has 0 aliphatic carbocycles. The molecule has 0 radical (unpaired) electrons. The number of carbonyl (C=O) groups excluding carboxylic acids is 1. The molecule has 0 unspecified atom stereocenters. The van der Waals surface area contributed by atoms with Crippen LogP contribution in [-0.4, -0.2) is 19.6 Å². The molecule has 5 heteroatoms. The highest BCUT2D eigenvalue weighted by atomic mass is 79.9. The minimum atomic E-state index is -0.0478. The molecule has 1 amide bonds. The molecule has 88 valence electrons. The number of ether oxygens (including phenoxy) is 1. The van der Waals surface area contributed by atoms with Crippen LogP contribution in [0.1, 0.15) is 12.0 Å². The first kappa shape index (κ1) is 12.8. The lowest BCUT2D eigenvalue weighted by molar-refractivity contribution is -0.121. The van der Waals surface area contributed by atoms with Gasteiger partial charge in [0.1, 0.15) is 5.75 Å². The van der Waals surface area contributed by atoms with E-state index in [4.69, 9.17) is 10.5 Å². The number of benzene rings is 1. The minimum Gasteiger partial charge on any atom is -0.491 e. The Morgan fingerprint density at radius 3 is 2.81 bits per heavy atom. The first-order valence-corrected chi connectivity index (χ1v) is 5.73. The van der Waals surface area contributed by atoms with Crippen LogP contribution in [0.3, 0.4) is 0 Å². The number of hydrogen-bond acceptors (Lipinski definition) is 3. The summed E-state index contributed by atoms with van der Waals surface area (Å²) in [4.78, 5) is 11.0. The van der Waals surface area contributed by atoms with Crippen LogP contribution in [0.25, 0.3) is 0 Å². The third-order valence-corrected chi connectivity index (χ3v) is 2.58. The minimum absolute atomic E-state index is 0.0478. The molecule has 1 aromatic rings.